The summed E-state index contributed by atoms with van der Waals surface area (Å²) in [4.78, 5) is 35.1. The number of ether oxygens (including phenoxy) is 1. The zero-order valence-electron chi connectivity index (χ0n) is 11.6. The highest BCUT2D eigenvalue weighted by atomic mass is 79.9. The van der Waals surface area contributed by atoms with Gasteiger partial charge in [-0.3, -0.25) is 9.59 Å². The minimum Gasteiger partial charge on any atom is -0.454 e. The van der Waals surface area contributed by atoms with Gasteiger partial charge in [-0.15, -0.1) is 11.3 Å². The lowest BCUT2D eigenvalue weighted by Gasteiger charge is -2.05. The molecule has 1 aromatic heterocycles. The second-order valence-corrected chi connectivity index (χ2v) is 6.82. The zero-order chi connectivity index (χ0) is 16.1. The van der Waals surface area contributed by atoms with Crippen molar-refractivity contribution in [3.63, 3.8) is 0 Å². The first-order chi connectivity index (χ1) is 10.5. The maximum atomic E-state index is 11.9. The number of nitrogens with one attached hydrogen (secondary N) is 1. The molecule has 1 N–H and O–H groups in total. The molecule has 114 valence electrons. The molecular weight excluding hydrogens is 370 g/mol. The van der Waals surface area contributed by atoms with Gasteiger partial charge >= 0.3 is 5.97 Å². The van der Waals surface area contributed by atoms with Gasteiger partial charge in [0.25, 0.3) is 0 Å². The molecule has 7 heteroatoms. The molecule has 0 aliphatic rings. The predicted octanol–water partition coefficient (Wildman–Crippen LogP) is 3.51. The lowest BCUT2D eigenvalue weighted by Crippen LogP contribution is -2.13. The van der Waals surface area contributed by atoms with E-state index in [9.17, 15) is 14.4 Å². The van der Waals surface area contributed by atoms with E-state index < -0.39 is 5.97 Å². The topological polar surface area (TPSA) is 72.5 Å². The molecule has 0 fully saturated rings. The van der Waals surface area contributed by atoms with Crippen LogP contribution < -0.4 is 5.32 Å². The molecule has 0 unspecified atom stereocenters. The number of thiophene rings is 1. The van der Waals surface area contributed by atoms with E-state index in [0.29, 0.717) is 16.1 Å². The number of carbonyl (C=O) groups excluding carboxylic acids is 3. The maximum Gasteiger partial charge on any atom is 0.338 e. The molecule has 1 aromatic carbocycles. The summed E-state index contributed by atoms with van der Waals surface area (Å²) in [6.07, 6.45) is 0. The molecule has 5 nitrogen and oxygen atoms in total. The molecule has 0 radical (unpaired) electrons. The van der Waals surface area contributed by atoms with Crippen molar-refractivity contribution < 1.29 is 19.1 Å². The summed E-state index contributed by atoms with van der Waals surface area (Å²) in [5, 5.41) is 2.60. The van der Waals surface area contributed by atoms with Crippen LogP contribution in [0.4, 0.5) is 5.69 Å². The van der Waals surface area contributed by atoms with Gasteiger partial charge in [0, 0.05) is 12.6 Å². The average Bonchev–Trinajstić information content (AvgIpc) is 2.91. The minimum absolute atomic E-state index is 0.192. The lowest BCUT2D eigenvalue weighted by atomic mass is 10.2. The first kappa shape index (κ1) is 16.4. The first-order valence-corrected chi connectivity index (χ1v) is 7.90. The third-order valence-electron chi connectivity index (χ3n) is 2.62. The quantitative estimate of drug-likeness (QED) is 0.635. The highest BCUT2D eigenvalue weighted by Crippen LogP contribution is 2.22. The number of esters is 1. The van der Waals surface area contributed by atoms with E-state index in [-0.39, 0.29) is 18.3 Å². The average molecular weight is 382 g/mol. The van der Waals surface area contributed by atoms with Crippen molar-refractivity contribution in [1.82, 2.24) is 0 Å². The molecule has 0 bridgehead atoms. The van der Waals surface area contributed by atoms with Crippen molar-refractivity contribution in [2.45, 2.75) is 6.92 Å². The third kappa shape index (κ3) is 4.51. The number of rotatable bonds is 5. The van der Waals surface area contributed by atoms with Gasteiger partial charge in [-0.1, -0.05) is 0 Å². The molecule has 0 saturated carbocycles. The summed E-state index contributed by atoms with van der Waals surface area (Å²) >= 11 is 4.56. The number of amides is 1. The Morgan fingerprint density at radius 2 is 1.82 bits per heavy atom. The SMILES string of the molecule is CC(=O)Nc1ccc(C(=O)OCC(=O)c2ccc(Br)s2)cc1. The molecule has 1 heterocycles. The summed E-state index contributed by atoms with van der Waals surface area (Å²) in [6.45, 7) is 1.09. The molecule has 0 saturated heterocycles. The van der Waals surface area contributed by atoms with Crippen LogP contribution in [0.15, 0.2) is 40.2 Å². The predicted molar refractivity (Wildman–Crippen MR) is 87.4 cm³/mol. The van der Waals surface area contributed by atoms with Gasteiger partial charge in [0.1, 0.15) is 0 Å². The fourth-order valence-electron chi connectivity index (χ4n) is 1.64. The van der Waals surface area contributed by atoms with Gasteiger partial charge in [0.05, 0.1) is 14.2 Å². The van der Waals surface area contributed by atoms with Gasteiger partial charge in [-0.25, -0.2) is 4.79 Å². The Kier molecular flexibility index (Phi) is 5.46. The second-order valence-electron chi connectivity index (χ2n) is 4.36. The van der Waals surface area contributed by atoms with Gasteiger partial charge in [-0.2, -0.15) is 0 Å². The van der Waals surface area contributed by atoms with Gasteiger partial charge in [-0.05, 0) is 52.3 Å². The van der Waals surface area contributed by atoms with Gasteiger partial charge in [0.15, 0.2) is 6.61 Å². The van der Waals surface area contributed by atoms with E-state index in [1.165, 1.54) is 30.4 Å². The Morgan fingerprint density at radius 3 is 2.36 bits per heavy atom. The highest BCUT2D eigenvalue weighted by molar-refractivity contribution is 9.11. The van der Waals surface area contributed by atoms with Crippen LogP contribution in [0.2, 0.25) is 0 Å². The van der Waals surface area contributed by atoms with Crippen LogP contribution in [0.3, 0.4) is 0 Å². The Labute approximate surface area is 139 Å². The number of benzene rings is 1. The van der Waals surface area contributed by atoms with E-state index in [2.05, 4.69) is 21.2 Å². The smallest absolute Gasteiger partial charge is 0.338 e. The van der Waals surface area contributed by atoms with Crippen LogP contribution in [0.25, 0.3) is 0 Å². The van der Waals surface area contributed by atoms with Crippen LogP contribution in [0.1, 0.15) is 27.0 Å². The Balaban J connectivity index is 1.92. The fourth-order valence-corrected chi connectivity index (χ4v) is 2.95. The number of hydrogen-bond donors (Lipinski definition) is 1. The summed E-state index contributed by atoms with van der Waals surface area (Å²) in [6, 6.07) is 9.68. The van der Waals surface area contributed by atoms with E-state index in [4.69, 9.17) is 4.74 Å². The van der Waals surface area contributed by atoms with E-state index >= 15 is 0 Å². The summed E-state index contributed by atoms with van der Waals surface area (Å²) < 4.78 is 5.83. The van der Waals surface area contributed by atoms with Gasteiger partial charge < -0.3 is 10.1 Å². The molecule has 1 amide bonds. The van der Waals surface area contributed by atoms with Crippen molar-refractivity contribution in [3.8, 4) is 0 Å². The molecule has 2 aromatic rings. The van der Waals surface area contributed by atoms with Crippen LogP contribution >= 0.6 is 27.3 Å². The number of anilines is 1. The number of hydrogen-bond acceptors (Lipinski definition) is 5. The van der Waals surface area contributed by atoms with E-state index in [1.54, 1.807) is 24.3 Å². The van der Waals surface area contributed by atoms with E-state index in [0.717, 1.165) is 3.79 Å². The fraction of sp³-hybridized carbons (Fsp3) is 0.133. The molecule has 2 rings (SSSR count). The maximum absolute atomic E-state index is 11.9. The highest BCUT2D eigenvalue weighted by Gasteiger charge is 2.13. The molecule has 22 heavy (non-hydrogen) atoms. The largest absolute Gasteiger partial charge is 0.454 e. The van der Waals surface area contributed by atoms with Crippen LogP contribution in [-0.2, 0) is 9.53 Å². The Bertz CT molecular complexity index is 709. The van der Waals surface area contributed by atoms with E-state index in [1.807, 2.05) is 0 Å². The number of ketones is 1. The molecule has 0 spiro atoms. The Hall–Kier alpha value is -1.99. The monoisotopic (exact) mass is 381 g/mol. The van der Waals surface area contributed by atoms with Crippen LogP contribution in [0, 0.1) is 0 Å². The summed E-state index contributed by atoms with van der Waals surface area (Å²) in [5.74, 6) is -1.03. The second kappa shape index (κ2) is 7.33. The van der Waals surface area contributed by atoms with Crippen molar-refractivity contribution in [2.75, 3.05) is 11.9 Å². The molecule has 0 aliphatic carbocycles. The first-order valence-electron chi connectivity index (χ1n) is 6.29. The van der Waals surface area contributed by atoms with Crippen molar-refractivity contribution in [1.29, 1.82) is 0 Å². The summed E-state index contributed by atoms with van der Waals surface area (Å²) in [7, 11) is 0. The standard InChI is InChI=1S/C15H12BrNO4S/c1-9(18)17-11-4-2-10(3-5-11)15(20)21-8-12(19)13-6-7-14(16)22-13/h2-7H,8H2,1H3,(H,17,18). The van der Waals surface area contributed by atoms with Crippen molar-refractivity contribution >= 4 is 50.6 Å². The normalized spacial score (nSPS) is 10.1. The molecule has 0 atom stereocenters. The van der Waals surface area contributed by atoms with Crippen molar-refractivity contribution in [2.24, 2.45) is 0 Å². The van der Waals surface area contributed by atoms with Crippen LogP contribution in [0.5, 0.6) is 0 Å². The summed E-state index contributed by atoms with van der Waals surface area (Å²) in [5.41, 5.74) is 0.901. The number of Topliss-reactive ketones (excluding diaryl/α,β-unsaturated/α-hetero) is 1. The van der Waals surface area contributed by atoms with Crippen LogP contribution in [-0.4, -0.2) is 24.3 Å². The van der Waals surface area contributed by atoms with Gasteiger partial charge in [0.2, 0.25) is 11.7 Å². The van der Waals surface area contributed by atoms with Crippen molar-refractivity contribution in [3.05, 3.63) is 50.6 Å². The third-order valence-corrected chi connectivity index (χ3v) is 4.29. The molecule has 0 aliphatic heterocycles. The molecular formula is C15H12BrNO4S. The number of halogens is 1. The minimum atomic E-state index is -0.585. The zero-order valence-corrected chi connectivity index (χ0v) is 14.0. The Morgan fingerprint density at radius 1 is 1.14 bits per heavy atom. The lowest BCUT2D eigenvalue weighted by molar-refractivity contribution is -0.114. The number of carbonyl (C=O) groups is 3.